The molecule has 0 aromatic rings. The van der Waals surface area contributed by atoms with Gasteiger partial charge in [0.1, 0.15) is 0 Å². The summed E-state index contributed by atoms with van der Waals surface area (Å²) in [4.78, 5) is 9.60. The van der Waals surface area contributed by atoms with Gasteiger partial charge in [0, 0.05) is 25.1 Å². The number of hydrogen-bond donors (Lipinski definition) is 1. The molecule has 0 bridgehead atoms. The van der Waals surface area contributed by atoms with E-state index in [1.165, 1.54) is 6.92 Å². The van der Waals surface area contributed by atoms with Crippen molar-refractivity contribution in [1.82, 2.24) is 0 Å². The van der Waals surface area contributed by atoms with Gasteiger partial charge in [-0.15, -0.1) is 13.2 Å². The molecule has 0 fully saturated rings. The molecular weight excluding hydrogens is 169 g/mol. The molecule has 1 N–H and O–H groups in total. The molecule has 0 unspecified atom stereocenters. The Kier molecular flexibility index (Phi) is 18.5. The zero-order valence-electron chi connectivity index (χ0n) is 5.68. The van der Waals surface area contributed by atoms with Crippen LogP contribution in [0.5, 0.6) is 0 Å². The van der Waals surface area contributed by atoms with Crippen LogP contribution in [0.2, 0.25) is 0 Å². The van der Waals surface area contributed by atoms with Crippen LogP contribution in [0.3, 0.4) is 0 Å². The first-order valence-electron chi connectivity index (χ1n) is 2.03. The maximum atomic E-state index is 9.60. The van der Waals surface area contributed by atoms with Crippen molar-refractivity contribution in [3.63, 3.8) is 0 Å². The molecule has 0 saturated carbocycles. The van der Waals surface area contributed by atoms with E-state index in [1.807, 2.05) is 0 Å². The van der Waals surface area contributed by atoms with E-state index >= 15 is 0 Å². The maximum Gasteiger partial charge on any atom is 0.330 e. The Morgan fingerprint density at radius 3 is 1.56 bits per heavy atom. The Hall–Kier alpha value is -0.427. The van der Waals surface area contributed by atoms with Gasteiger partial charge in [-0.2, -0.15) is 0 Å². The molecule has 0 aromatic carbocycles. The molecule has 0 aliphatic heterocycles. The third-order valence-corrected chi connectivity index (χ3v) is 0.365. The summed E-state index contributed by atoms with van der Waals surface area (Å²) >= 11 is 0. The first-order chi connectivity index (χ1) is 3.64. The molecule has 0 heterocycles. The summed E-state index contributed by atoms with van der Waals surface area (Å²) in [5.41, 5.74) is 0.176. The van der Waals surface area contributed by atoms with Gasteiger partial charge in [0.25, 0.3) is 0 Å². The average molecular weight is 180 g/mol. The Balaban J connectivity index is -0.000000109. The van der Waals surface area contributed by atoms with Crippen LogP contribution in [0.25, 0.3) is 0 Å². The second-order valence-electron chi connectivity index (χ2n) is 1.09. The van der Waals surface area contributed by atoms with Crippen LogP contribution in [0.15, 0.2) is 25.3 Å². The molecule has 0 aliphatic rings. The molecule has 0 aromatic heterocycles. The molecule has 48 valence electrons. The van der Waals surface area contributed by atoms with Crippen molar-refractivity contribution < 1.29 is 29.4 Å². The van der Waals surface area contributed by atoms with Crippen molar-refractivity contribution in [3.05, 3.63) is 25.3 Å². The van der Waals surface area contributed by atoms with E-state index in [9.17, 15) is 4.79 Å². The number of aliphatic carboxylic acids is 1. The zero-order valence-corrected chi connectivity index (χ0v) is 8.65. The molecular formula is C6H10O2Zn. The van der Waals surface area contributed by atoms with E-state index in [0.29, 0.717) is 0 Å². The van der Waals surface area contributed by atoms with Gasteiger partial charge >= 0.3 is 5.97 Å². The van der Waals surface area contributed by atoms with Gasteiger partial charge < -0.3 is 5.11 Å². The topological polar surface area (TPSA) is 37.3 Å². The minimum Gasteiger partial charge on any atom is -0.478 e. The van der Waals surface area contributed by atoms with Crippen LogP contribution in [0, 0.1) is 0 Å². The summed E-state index contributed by atoms with van der Waals surface area (Å²) in [6.45, 7) is 10.6. The Labute approximate surface area is 68.0 Å². The van der Waals surface area contributed by atoms with Crippen molar-refractivity contribution in [2.75, 3.05) is 0 Å². The molecule has 0 amide bonds. The van der Waals surface area contributed by atoms with Crippen LogP contribution in [0.1, 0.15) is 6.92 Å². The third kappa shape index (κ3) is 18.4. The first-order valence-corrected chi connectivity index (χ1v) is 2.03. The summed E-state index contributed by atoms with van der Waals surface area (Å²) in [6.07, 6.45) is 0. The van der Waals surface area contributed by atoms with Crippen LogP contribution >= 0.6 is 0 Å². The van der Waals surface area contributed by atoms with Crippen molar-refractivity contribution >= 4 is 5.97 Å². The van der Waals surface area contributed by atoms with Gasteiger partial charge in [0.2, 0.25) is 0 Å². The van der Waals surface area contributed by atoms with E-state index in [2.05, 4.69) is 19.7 Å². The predicted octanol–water partition coefficient (Wildman–Crippen LogP) is 1.45. The van der Waals surface area contributed by atoms with E-state index in [4.69, 9.17) is 5.11 Å². The van der Waals surface area contributed by atoms with E-state index in [1.54, 1.807) is 0 Å². The molecule has 2 nitrogen and oxygen atoms in total. The molecule has 0 rings (SSSR count). The van der Waals surface area contributed by atoms with Gasteiger partial charge in [0.05, 0.1) is 0 Å². The molecule has 0 atom stereocenters. The smallest absolute Gasteiger partial charge is 0.330 e. The number of carboxylic acid groups (broad SMARTS) is 1. The van der Waals surface area contributed by atoms with E-state index in [0.717, 1.165) is 0 Å². The van der Waals surface area contributed by atoms with Gasteiger partial charge in [-0.05, 0) is 6.92 Å². The normalized spacial score (nSPS) is 5.44. The number of carboxylic acids is 1. The quantitative estimate of drug-likeness (QED) is 0.376. The molecule has 0 spiro atoms. The van der Waals surface area contributed by atoms with E-state index < -0.39 is 5.97 Å². The van der Waals surface area contributed by atoms with E-state index in [-0.39, 0.29) is 25.1 Å². The fraction of sp³-hybridized carbons (Fsp3) is 0.167. The largest absolute Gasteiger partial charge is 0.478 e. The molecule has 0 aliphatic carbocycles. The minimum absolute atomic E-state index is 0. The molecule has 0 radical (unpaired) electrons. The van der Waals surface area contributed by atoms with Crippen molar-refractivity contribution in [3.8, 4) is 0 Å². The standard InChI is InChI=1S/C4H6O2.C2H4.Zn/c1-3(2)4(5)6;1-2;/h1H2,2H3,(H,5,6);1-2H2;. The monoisotopic (exact) mass is 178 g/mol. The average Bonchev–Trinajstić information content (AvgIpc) is 1.72. The number of rotatable bonds is 1. The van der Waals surface area contributed by atoms with Crippen molar-refractivity contribution in [1.29, 1.82) is 0 Å². The Morgan fingerprint density at radius 1 is 1.44 bits per heavy atom. The van der Waals surface area contributed by atoms with Crippen LogP contribution < -0.4 is 0 Å². The fourth-order valence-electron chi connectivity index (χ4n) is 0. The predicted molar refractivity (Wildman–Crippen MR) is 33.7 cm³/mol. The molecule has 3 heteroatoms. The second-order valence-corrected chi connectivity index (χ2v) is 1.09. The maximum absolute atomic E-state index is 9.60. The first kappa shape index (κ1) is 15.8. The number of hydrogen-bond acceptors (Lipinski definition) is 1. The summed E-state index contributed by atoms with van der Waals surface area (Å²) in [6, 6.07) is 0. The van der Waals surface area contributed by atoms with Gasteiger partial charge in [-0.25, -0.2) is 4.79 Å². The summed E-state index contributed by atoms with van der Waals surface area (Å²) in [7, 11) is 0. The fourth-order valence-corrected chi connectivity index (χ4v) is 0. The van der Waals surface area contributed by atoms with Crippen LogP contribution in [-0.4, -0.2) is 11.1 Å². The van der Waals surface area contributed by atoms with Crippen molar-refractivity contribution in [2.24, 2.45) is 0 Å². The van der Waals surface area contributed by atoms with Gasteiger partial charge in [-0.3, -0.25) is 0 Å². The zero-order chi connectivity index (χ0) is 7.15. The Bertz CT molecular complexity index is 87.2. The van der Waals surface area contributed by atoms with Crippen LogP contribution in [0.4, 0.5) is 0 Å². The van der Waals surface area contributed by atoms with Gasteiger partial charge in [0.15, 0.2) is 0 Å². The summed E-state index contributed by atoms with van der Waals surface area (Å²) in [5.74, 6) is -0.935. The number of carbonyl (C=O) groups is 1. The Morgan fingerprint density at radius 2 is 1.56 bits per heavy atom. The van der Waals surface area contributed by atoms with Crippen LogP contribution in [-0.2, 0) is 24.3 Å². The minimum atomic E-state index is -0.935. The SMILES string of the molecule is C=C.C=C(C)C(=O)O.[Zn]. The summed E-state index contributed by atoms with van der Waals surface area (Å²) < 4.78 is 0. The third-order valence-electron chi connectivity index (χ3n) is 0.365. The second kappa shape index (κ2) is 10.5. The van der Waals surface area contributed by atoms with Crippen molar-refractivity contribution in [2.45, 2.75) is 6.92 Å². The molecule has 0 saturated heterocycles. The summed E-state index contributed by atoms with van der Waals surface area (Å²) in [5, 5.41) is 7.89. The van der Waals surface area contributed by atoms with Gasteiger partial charge in [-0.1, -0.05) is 6.58 Å². The molecule has 9 heavy (non-hydrogen) atoms.